The molecule has 1 aromatic carbocycles. The fourth-order valence-corrected chi connectivity index (χ4v) is 1.47. The molecule has 0 saturated heterocycles. The van der Waals surface area contributed by atoms with Crippen LogP contribution in [0, 0.1) is 0 Å². The van der Waals surface area contributed by atoms with Crippen molar-refractivity contribution in [1.82, 2.24) is 10.5 Å². The number of oxazole rings is 1. The standard InChI is InChI=1S/C13H13ClN2O4/c1-9(20-11-4-2-10(14)3-5-11)13(17)16-19-8-12-15-6-7-18-12/h2-7,9H,8H2,1H3,(H,16,17)/t9-/m0/s1. The van der Waals surface area contributed by atoms with Gasteiger partial charge in [-0.1, -0.05) is 11.6 Å². The summed E-state index contributed by atoms with van der Waals surface area (Å²) in [6, 6.07) is 6.72. The van der Waals surface area contributed by atoms with Crippen LogP contribution in [-0.4, -0.2) is 17.0 Å². The van der Waals surface area contributed by atoms with E-state index in [4.69, 9.17) is 25.6 Å². The maximum atomic E-state index is 11.7. The van der Waals surface area contributed by atoms with Gasteiger partial charge in [-0.05, 0) is 31.2 Å². The van der Waals surface area contributed by atoms with E-state index >= 15 is 0 Å². The summed E-state index contributed by atoms with van der Waals surface area (Å²) >= 11 is 5.76. The Labute approximate surface area is 120 Å². The SMILES string of the molecule is C[C@H](Oc1ccc(Cl)cc1)C(=O)NOCc1ncco1. The Balaban J connectivity index is 1.75. The molecule has 6 nitrogen and oxygen atoms in total. The highest BCUT2D eigenvalue weighted by atomic mass is 35.5. The lowest BCUT2D eigenvalue weighted by atomic mass is 10.3. The Morgan fingerprint density at radius 1 is 1.45 bits per heavy atom. The van der Waals surface area contributed by atoms with Gasteiger partial charge < -0.3 is 9.15 Å². The molecule has 1 atom stereocenters. The van der Waals surface area contributed by atoms with Gasteiger partial charge in [0.25, 0.3) is 5.91 Å². The molecule has 0 fully saturated rings. The van der Waals surface area contributed by atoms with Crippen LogP contribution in [0.3, 0.4) is 0 Å². The van der Waals surface area contributed by atoms with Crippen LogP contribution in [0.4, 0.5) is 0 Å². The molecule has 0 spiro atoms. The van der Waals surface area contributed by atoms with Gasteiger partial charge in [0.2, 0.25) is 5.89 Å². The highest BCUT2D eigenvalue weighted by Gasteiger charge is 2.15. The Kier molecular flexibility index (Phi) is 4.97. The second-order valence-corrected chi connectivity index (χ2v) is 4.33. The summed E-state index contributed by atoms with van der Waals surface area (Å²) in [5, 5.41) is 0.601. The van der Waals surface area contributed by atoms with Gasteiger partial charge in [-0.15, -0.1) is 0 Å². The average molecular weight is 297 g/mol. The molecular weight excluding hydrogens is 284 g/mol. The molecule has 106 valence electrons. The molecule has 0 bridgehead atoms. The minimum atomic E-state index is -0.708. The van der Waals surface area contributed by atoms with Crippen molar-refractivity contribution < 1.29 is 18.8 Å². The number of amides is 1. The van der Waals surface area contributed by atoms with Crippen LogP contribution < -0.4 is 10.2 Å². The van der Waals surface area contributed by atoms with Crippen molar-refractivity contribution >= 4 is 17.5 Å². The van der Waals surface area contributed by atoms with Crippen molar-refractivity contribution in [3.8, 4) is 5.75 Å². The number of nitrogens with zero attached hydrogens (tertiary/aromatic N) is 1. The lowest BCUT2D eigenvalue weighted by Crippen LogP contribution is -2.36. The van der Waals surface area contributed by atoms with E-state index in [9.17, 15) is 4.79 Å². The predicted molar refractivity (Wildman–Crippen MR) is 71.0 cm³/mol. The maximum Gasteiger partial charge on any atom is 0.284 e. The Hall–Kier alpha value is -2.05. The van der Waals surface area contributed by atoms with Crippen LogP contribution in [0.1, 0.15) is 12.8 Å². The molecule has 0 aliphatic heterocycles. The van der Waals surface area contributed by atoms with Crippen LogP contribution in [0.15, 0.2) is 41.1 Å². The summed E-state index contributed by atoms with van der Waals surface area (Å²) in [6.07, 6.45) is 2.21. The smallest absolute Gasteiger partial charge is 0.284 e. The minimum absolute atomic E-state index is 0.0480. The van der Waals surface area contributed by atoms with E-state index in [0.29, 0.717) is 16.7 Å². The highest BCUT2D eigenvalue weighted by Crippen LogP contribution is 2.16. The largest absolute Gasteiger partial charge is 0.481 e. The highest BCUT2D eigenvalue weighted by molar-refractivity contribution is 6.30. The monoisotopic (exact) mass is 296 g/mol. The molecule has 2 rings (SSSR count). The molecule has 1 aromatic heterocycles. The second-order valence-electron chi connectivity index (χ2n) is 3.89. The Morgan fingerprint density at radius 2 is 2.20 bits per heavy atom. The van der Waals surface area contributed by atoms with Gasteiger partial charge in [0.05, 0.1) is 6.20 Å². The van der Waals surface area contributed by atoms with Crippen molar-refractivity contribution in [2.75, 3.05) is 0 Å². The Bertz CT molecular complexity index is 542. The number of rotatable bonds is 6. The van der Waals surface area contributed by atoms with Crippen LogP contribution in [0.5, 0.6) is 5.75 Å². The number of aromatic nitrogens is 1. The summed E-state index contributed by atoms with van der Waals surface area (Å²) in [5.74, 6) is 0.507. The van der Waals surface area contributed by atoms with E-state index in [0.717, 1.165) is 0 Å². The second kappa shape index (κ2) is 6.93. The lowest BCUT2D eigenvalue weighted by Gasteiger charge is -2.14. The van der Waals surface area contributed by atoms with Crippen molar-refractivity contribution in [1.29, 1.82) is 0 Å². The van der Waals surface area contributed by atoms with E-state index in [1.54, 1.807) is 31.2 Å². The van der Waals surface area contributed by atoms with Gasteiger partial charge >= 0.3 is 0 Å². The first-order valence-corrected chi connectivity index (χ1v) is 6.25. The molecule has 0 aliphatic rings. The van der Waals surface area contributed by atoms with E-state index in [1.165, 1.54) is 12.5 Å². The fraction of sp³-hybridized carbons (Fsp3) is 0.231. The summed E-state index contributed by atoms with van der Waals surface area (Å²) in [7, 11) is 0. The molecule has 2 aromatic rings. The summed E-state index contributed by atoms with van der Waals surface area (Å²) in [4.78, 5) is 20.5. The summed E-state index contributed by atoms with van der Waals surface area (Å²) < 4.78 is 10.4. The summed E-state index contributed by atoms with van der Waals surface area (Å²) in [6.45, 7) is 1.66. The van der Waals surface area contributed by atoms with Crippen LogP contribution in [0.25, 0.3) is 0 Å². The molecule has 0 saturated carbocycles. The predicted octanol–water partition coefficient (Wildman–Crippen LogP) is 2.34. The van der Waals surface area contributed by atoms with E-state index in [2.05, 4.69) is 10.5 Å². The molecule has 0 unspecified atom stereocenters. The number of hydroxylamine groups is 1. The number of halogens is 1. The molecule has 0 aliphatic carbocycles. The third-order valence-corrected chi connectivity index (χ3v) is 2.60. The number of hydrogen-bond acceptors (Lipinski definition) is 5. The quantitative estimate of drug-likeness (QED) is 0.828. The number of ether oxygens (including phenoxy) is 1. The van der Waals surface area contributed by atoms with E-state index < -0.39 is 12.0 Å². The third-order valence-electron chi connectivity index (χ3n) is 2.35. The zero-order valence-corrected chi connectivity index (χ0v) is 11.5. The average Bonchev–Trinajstić information content (AvgIpc) is 2.94. The molecule has 7 heteroatoms. The van der Waals surface area contributed by atoms with Crippen LogP contribution in [0.2, 0.25) is 5.02 Å². The topological polar surface area (TPSA) is 73.6 Å². The van der Waals surface area contributed by atoms with E-state index in [1.807, 2.05) is 0 Å². The molecule has 1 heterocycles. The first-order valence-electron chi connectivity index (χ1n) is 5.87. The molecule has 1 amide bonds. The van der Waals surface area contributed by atoms with Crippen molar-refractivity contribution in [2.24, 2.45) is 0 Å². The number of carbonyl (C=O) groups excluding carboxylic acids is 1. The minimum Gasteiger partial charge on any atom is -0.481 e. The van der Waals surface area contributed by atoms with Crippen molar-refractivity contribution in [3.63, 3.8) is 0 Å². The molecule has 20 heavy (non-hydrogen) atoms. The van der Waals surface area contributed by atoms with Gasteiger partial charge in [0.1, 0.15) is 12.0 Å². The number of nitrogens with one attached hydrogen (secondary N) is 1. The first kappa shape index (κ1) is 14.4. The third kappa shape index (κ3) is 4.25. The number of benzene rings is 1. The van der Waals surface area contributed by atoms with Gasteiger partial charge in [-0.3, -0.25) is 9.63 Å². The van der Waals surface area contributed by atoms with Gasteiger partial charge in [0, 0.05) is 5.02 Å². The van der Waals surface area contributed by atoms with Gasteiger partial charge in [-0.25, -0.2) is 10.5 Å². The first-order chi connectivity index (χ1) is 9.65. The Morgan fingerprint density at radius 3 is 2.85 bits per heavy atom. The maximum absolute atomic E-state index is 11.7. The fourth-order valence-electron chi connectivity index (χ4n) is 1.35. The van der Waals surface area contributed by atoms with Crippen molar-refractivity contribution in [2.45, 2.75) is 19.6 Å². The lowest BCUT2D eigenvalue weighted by molar-refractivity contribution is -0.141. The van der Waals surface area contributed by atoms with Gasteiger partial charge in [-0.2, -0.15) is 0 Å². The van der Waals surface area contributed by atoms with Crippen LogP contribution >= 0.6 is 11.6 Å². The molecule has 0 radical (unpaired) electrons. The number of hydrogen-bond donors (Lipinski definition) is 1. The molecular formula is C13H13ClN2O4. The normalized spacial score (nSPS) is 11.9. The zero-order valence-electron chi connectivity index (χ0n) is 10.7. The van der Waals surface area contributed by atoms with E-state index in [-0.39, 0.29) is 6.61 Å². The number of carbonyl (C=O) groups is 1. The summed E-state index contributed by atoms with van der Waals surface area (Å²) in [5.41, 5.74) is 2.26. The van der Waals surface area contributed by atoms with Gasteiger partial charge in [0.15, 0.2) is 12.7 Å². The molecule has 1 N–H and O–H groups in total. The van der Waals surface area contributed by atoms with Crippen molar-refractivity contribution in [3.05, 3.63) is 47.6 Å². The zero-order chi connectivity index (χ0) is 14.4. The van der Waals surface area contributed by atoms with Crippen LogP contribution in [-0.2, 0) is 16.2 Å².